The van der Waals surface area contributed by atoms with Crippen molar-refractivity contribution >= 4 is 40.6 Å². The summed E-state index contributed by atoms with van der Waals surface area (Å²) in [7, 11) is 0. The van der Waals surface area contributed by atoms with Crippen LogP contribution in [0.15, 0.2) is 42.5 Å². The van der Waals surface area contributed by atoms with Gasteiger partial charge in [-0.15, -0.1) is 11.8 Å². The molecule has 118 valence electrons. The zero-order chi connectivity index (χ0) is 16.6. The van der Waals surface area contributed by atoms with E-state index in [1.54, 1.807) is 23.1 Å². The summed E-state index contributed by atoms with van der Waals surface area (Å²) in [5.74, 6) is 0.296. The highest BCUT2D eigenvalue weighted by atomic mass is 35.5. The van der Waals surface area contributed by atoms with Crippen molar-refractivity contribution in [2.45, 2.75) is 12.3 Å². The molecule has 7 heteroatoms. The first kappa shape index (κ1) is 15.8. The highest BCUT2D eigenvalue weighted by molar-refractivity contribution is 8.00. The van der Waals surface area contributed by atoms with Crippen LogP contribution in [0.4, 0.5) is 11.4 Å². The van der Waals surface area contributed by atoms with Gasteiger partial charge < -0.3 is 0 Å². The van der Waals surface area contributed by atoms with Crippen LogP contribution in [0.1, 0.15) is 16.5 Å². The van der Waals surface area contributed by atoms with Crippen molar-refractivity contribution in [3.8, 4) is 0 Å². The number of nitro benzene ring substituents is 1. The molecule has 0 bridgehead atoms. The second kappa shape index (κ2) is 6.22. The number of thioether (sulfide) groups is 1. The second-order valence-electron chi connectivity index (χ2n) is 5.21. The summed E-state index contributed by atoms with van der Waals surface area (Å²) in [6.07, 6.45) is 0. The van der Waals surface area contributed by atoms with E-state index in [0.717, 1.165) is 11.1 Å². The number of benzene rings is 2. The third-order valence-corrected chi connectivity index (χ3v) is 5.29. The SMILES string of the molecule is Cc1ccc(N2C(=O)CSC2c2cccc([N+](=O)[O-])c2)cc1Cl. The van der Waals surface area contributed by atoms with E-state index in [9.17, 15) is 14.9 Å². The van der Waals surface area contributed by atoms with Crippen LogP contribution < -0.4 is 4.90 Å². The van der Waals surface area contributed by atoms with Crippen molar-refractivity contribution in [3.05, 3.63) is 68.7 Å². The lowest BCUT2D eigenvalue weighted by atomic mass is 10.1. The van der Waals surface area contributed by atoms with Crippen LogP contribution in [0, 0.1) is 17.0 Å². The molecule has 3 rings (SSSR count). The van der Waals surface area contributed by atoms with Gasteiger partial charge in [0.25, 0.3) is 5.69 Å². The third-order valence-electron chi connectivity index (χ3n) is 3.67. The van der Waals surface area contributed by atoms with E-state index in [4.69, 9.17) is 11.6 Å². The molecular formula is C16H13ClN2O3S. The van der Waals surface area contributed by atoms with Gasteiger partial charge in [0.05, 0.1) is 10.7 Å². The number of non-ortho nitro benzene ring substituents is 1. The van der Waals surface area contributed by atoms with Gasteiger partial charge in [0.15, 0.2) is 0 Å². The number of anilines is 1. The number of hydrogen-bond acceptors (Lipinski definition) is 4. The quantitative estimate of drug-likeness (QED) is 0.611. The number of halogens is 1. The monoisotopic (exact) mass is 348 g/mol. The molecule has 1 atom stereocenters. The molecule has 0 radical (unpaired) electrons. The molecular weight excluding hydrogens is 336 g/mol. The standard InChI is InChI=1S/C16H13ClN2O3S/c1-10-5-6-12(8-14(10)17)18-15(20)9-23-16(18)11-3-2-4-13(7-11)19(21)22/h2-8,16H,9H2,1H3. The summed E-state index contributed by atoms with van der Waals surface area (Å²) >= 11 is 7.61. The first-order valence-electron chi connectivity index (χ1n) is 6.91. The molecule has 0 spiro atoms. The molecule has 0 aromatic heterocycles. The van der Waals surface area contributed by atoms with Gasteiger partial charge in [-0.2, -0.15) is 0 Å². The van der Waals surface area contributed by atoms with Gasteiger partial charge in [-0.3, -0.25) is 19.8 Å². The Labute approximate surface area is 142 Å². The Morgan fingerprint density at radius 2 is 2.09 bits per heavy atom. The van der Waals surface area contributed by atoms with Crippen molar-refractivity contribution in [1.29, 1.82) is 0 Å². The fraction of sp³-hybridized carbons (Fsp3) is 0.188. The number of carbonyl (C=O) groups excluding carboxylic acids is 1. The number of aryl methyl sites for hydroxylation is 1. The van der Waals surface area contributed by atoms with Gasteiger partial charge >= 0.3 is 0 Å². The molecule has 5 nitrogen and oxygen atoms in total. The Morgan fingerprint density at radius 3 is 2.78 bits per heavy atom. The summed E-state index contributed by atoms with van der Waals surface area (Å²) in [5, 5.41) is 11.3. The first-order valence-corrected chi connectivity index (χ1v) is 8.34. The van der Waals surface area contributed by atoms with Gasteiger partial charge in [0.2, 0.25) is 5.91 Å². The Morgan fingerprint density at radius 1 is 1.30 bits per heavy atom. The average Bonchev–Trinajstić information content (AvgIpc) is 2.92. The number of rotatable bonds is 3. The number of amides is 1. The zero-order valence-corrected chi connectivity index (χ0v) is 13.8. The minimum Gasteiger partial charge on any atom is -0.295 e. The molecule has 23 heavy (non-hydrogen) atoms. The molecule has 2 aromatic rings. The third kappa shape index (κ3) is 3.04. The Balaban J connectivity index is 2.01. The van der Waals surface area contributed by atoms with Crippen LogP contribution in [0.2, 0.25) is 5.02 Å². The molecule has 1 saturated heterocycles. The molecule has 1 heterocycles. The Bertz CT molecular complexity index is 797. The largest absolute Gasteiger partial charge is 0.295 e. The molecule has 1 aliphatic rings. The molecule has 1 amide bonds. The van der Waals surface area contributed by atoms with E-state index >= 15 is 0 Å². The van der Waals surface area contributed by atoms with Crippen LogP contribution in [-0.2, 0) is 4.79 Å². The molecule has 2 aromatic carbocycles. The summed E-state index contributed by atoms with van der Waals surface area (Å²) in [5.41, 5.74) is 2.38. The maximum absolute atomic E-state index is 12.3. The molecule has 1 aliphatic heterocycles. The van der Waals surface area contributed by atoms with Crippen LogP contribution in [0.3, 0.4) is 0 Å². The van der Waals surface area contributed by atoms with E-state index in [2.05, 4.69) is 0 Å². The van der Waals surface area contributed by atoms with Gasteiger partial charge in [-0.05, 0) is 30.2 Å². The van der Waals surface area contributed by atoms with Crippen LogP contribution in [0.5, 0.6) is 0 Å². The lowest BCUT2D eigenvalue weighted by molar-refractivity contribution is -0.384. The van der Waals surface area contributed by atoms with E-state index in [1.165, 1.54) is 23.9 Å². The smallest absolute Gasteiger partial charge is 0.269 e. The Kier molecular flexibility index (Phi) is 4.28. The lowest BCUT2D eigenvalue weighted by Crippen LogP contribution is -2.27. The fourth-order valence-corrected chi connectivity index (χ4v) is 3.82. The van der Waals surface area contributed by atoms with Crippen molar-refractivity contribution in [3.63, 3.8) is 0 Å². The van der Waals surface area contributed by atoms with Crippen LogP contribution in [-0.4, -0.2) is 16.6 Å². The van der Waals surface area contributed by atoms with E-state index < -0.39 is 4.92 Å². The number of nitro groups is 1. The topological polar surface area (TPSA) is 63.5 Å². The minimum atomic E-state index is -0.433. The predicted molar refractivity (Wildman–Crippen MR) is 92.0 cm³/mol. The van der Waals surface area contributed by atoms with E-state index in [0.29, 0.717) is 16.5 Å². The number of carbonyl (C=O) groups is 1. The van der Waals surface area contributed by atoms with Crippen LogP contribution in [0.25, 0.3) is 0 Å². The zero-order valence-electron chi connectivity index (χ0n) is 12.2. The molecule has 1 fully saturated rings. The van der Waals surface area contributed by atoms with Crippen molar-refractivity contribution in [2.75, 3.05) is 10.7 Å². The van der Waals surface area contributed by atoms with E-state index in [1.807, 2.05) is 19.1 Å². The van der Waals surface area contributed by atoms with E-state index in [-0.39, 0.29) is 17.0 Å². The maximum atomic E-state index is 12.3. The van der Waals surface area contributed by atoms with Gasteiger partial charge in [0, 0.05) is 22.8 Å². The normalized spacial score (nSPS) is 17.6. The van der Waals surface area contributed by atoms with Crippen LogP contribution >= 0.6 is 23.4 Å². The predicted octanol–water partition coefficient (Wildman–Crippen LogP) is 4.34. The molecule has 1 unspecified atom stereocenters. The molecule has 0 N–H and O–H groups in total. The van der Waals surface area contributed by atoms with Gasteiger partial charge in [-0.1, -0.05) is 29.8 Å². The molecule has 0 saturated carbocycles. The summed E-state index contributed by atoms with van der Waals surface area (Å²) in [6, 6.07) is 11.8. The maximum Gasteiger partial charge on any atom is 0.269 e. The number of hydrogen-bond donors (Lipinski definition) is 0. The minimum absolute atomic E-state index is 0.0179. The second-order valence-corrected chi connectivity index (χ2v) is 6.69. The highest BCUT2D eigenvalue weighted by Crippen LogP contribution is 2.43. The van der Waals surface area contributed by atoms with Gasteiger partial charge in [-0.25, -0.2) is 0 Å². The molecule has 0 aliphatic carbocycles. The van der Waals surface area contributed by atoms with Gasteiger partial charge in [0.1, 0.15) is 5.37 Å². The summed E-state index contributed by atoms with van der Waals surface area (Å²) < 4.78 is 0. The summed E-state index contributed by atoms with van der Waals surface area (Å²) in [4.78, 5) is 24.5. The first-order chi connectivity index (χ1) is 11.0. The lowest BCUT2D eigenvalue weighted by Gasteiger charge is -2.24. The highest BCUT2D eigenvalue weighted by Gasteiger charge is 2.34. The fourth-order valence-electron chi connectivity index (χ4n) is 2.47. The van der Waals surface area contributed by atoms with Crippen molar-refractivity contribution in [2.24, 2.45) is 0 Å². The number of nitrogens with zero attached hydrogens (tertiary/aromatic N) is 2. The summed E-state index contributed by atoms with van der Waals surface area (Å²) in [6.45, 7) is 1.89. The Hall–Kier alpha value is -2.05. The average molecular weight is 349 g/mol. The van der Waals surface area contributed by atoms with Crippen molar-refractivity contribution < 1.29 is 9.72 Å². The van der Waals surface area contributed by atoms with Crippen molar-refractivity contribution in [1.82, 2.24) is 0 Å².